The Labute approximate surface area is 65.5 Å². The van der Waals surface area contributed by atoms with Crippen molar-refractivity contribution in [1.29, 1.82) is 0 Å². The minimum absolute atomic E-state index is 0.454. The van der Waals surface area contributed by atoms with Crippen molar-refractivity contribution in [2.24, 2.45) is 0 Å². The van der Waals surface area contributed by atoms with Gasteiger partial charge in [0.1, 0.15) is 0 Å². The molecular formula is C8H10N2O. The van der Waals surface area contributed by atoms with Gasteiger partial charge in [-0.3, -0.25) is 0 Å². The van der Waals surface area contributed by atoms with Gasteiger partial charge in [0, 0.05) is 6.20 Å². The van der Waals surface area contributed by atoms with Crippen LogP contribution in [0.2, 0.25) is 0 Å². The third-order valence-corrected chi connectivity index (χ3v) is 1.33. The molecule has 3 nitrogen and oxygen atoms in total. The maximum atomic E-state index is 5.57. The summed E-state index contributed by atoms with van der Waals surface area (Å²) in [6, 6.07) is 1.76. The molecule has 0 aromatic carbocycles. The number of nitrogen functional groups attached to an aromatic ring is 1. The van der Waals surface area contributed by atoms with Crippen LogP contribution in [0.5, 0.6) is 5.88 Å². The molecule has 0 aliphatic carbocycles. The zero-order valence-corrected chi connectivity index (χ0v) is 6.37. The lowest BCUT2D eigenvalue weighted by atomic mass is 10.2. The van der Waals surface area contributed by atoms with E-state index in [0.29, 0.717) is 11.6 Å². The zero-order valence-electron chi connectivity index (χ0n) is 6.37. The first kappa shape index (κ1) is 7.60. The Morgan fingerprint density at radius 1 is 1.73 bits per heavy atom. The summed E-state index contributed by atoms with van der Waals surface area (Å²) in [5.74, 6) is 0.454. The normalized spacial score (nSPS) is 9.18. The predicted octanol–water partition coefficient (Wildman–Crippen LogP) is 1.32. The molecule has 0 amide bonds. The molecule has 0 aliphatic rings. The Bertz CT molecular complexity index is 271. The van der Waals surface area contributed by atoms with Crippen molar-refractivity contribution in [2.75, 3.05) is 12.8 Å². The predicted molar refractivity (Wildman–Crippen MR) is 45.3 cm³/mol. The number of aromatic nitrogens is 1. The maximum absolute atomic E-state index is 5.57. The van der Waals surface area contributed by atoms with Crippen LogP contribution in [0.3, 0.4) is 0 Å². The lowest BCUT2D eigenvalue weighted by molar-refractivity contribution is 0.400. The Morgan fingerprint density at radius 3 is 2.91 bits per heavy atom. The number of hydrogen-bond donors (Lipinski definition) is 1. The smallest absolute Gasteiger partial charge is 0.236 e. The van der Waals surface area contributed by atoms with Gasteiger partial charge in [-0.1, -0.05) is 12.7 Å². The average molecular weight is 150 g/mol. The molecular weight excluding hydrogens is 140 g/mol. The first-order valence-corrected chi connectivity index (χ1v) is 3.20. The van der Waals surface area contributed by atoms with Crippen LogP contribution >= 0.6 is 0 Å². The standard InChI is InChI=1S/C8H10N2O/c1-3-6-4-7(9)8(11-2)10-5-6/h3-5H,1,9H2,2H3. The number of nitrogens with two attached hydrogens (primary N) is 1. The zero-order chi connectivity index (χ0) is 8.27. The number of anilines is 1. The first-order chi connectivity index (χ1) is 5.27. The fraction of sp³-hybridized carbons (Fsp3) is 0.125. The van der Waals surface area contributed by atoms with Crippen LogP contribution in [0.25, 0.3) is 6.08 Å². The molecule has 1 aromatic rings. The van der Waals surface area contributed by atoms with Crippen molar-refractivity contribution in [1.82, 2.24) is 4.98 Å². The van der Waals surface area contributed by atoms with Gasteiger partial charge in [-0.15, -0.1) is 0 Å². The van der Waals surface area contributed by atoms with Crippen LogP contribution in [-0.4, -0.2) is 12.1 Å². The van der Waals surface area contributed by atoms with E-state index in [1.54, 1.807) is 18.3 Å². The van der Waals surface area contributed by atoms with Crippen molar-refractivity contribution in [3.63, 3.8) is 0 Å². The molecule has 0 fully saturated rings. The van der Waals surface area contributed by atoms with Gasteiger partial charge >= 0.3 is 0 Å². The van der Waals surface area contributed by atoms with Gasteiger partial charge in [0.05, 0.1) is 12.8 Å². The number of rotatable bonds is 2. The molecule has 0 spiro atoms. The number of hydrogen-bond acceptors (Lipinski definition) is 3. The van der Waals surface area contributed by atoms with E-state index >= 15 is 0 Å². The molecule has 1 aromatic heterocycles. The maximum Gasteiger partial charge on any atom is 0.236 e. The monoisotopic (exact) mass is 150 g/mol. The molecule has 1 heterocycles. The molecule has 0 unspecified atom stereocenters. The summed E-state index contributed by atoms with van der Waals surface area (Å²) in [5, 5.41) is 0. The second kappa shape index (κ2) is 3.05. The van der Waals surface area contributed by atoms with Gasteiger partial charge in [0.2, 0.25) is 5.88 Å². The van der Waals surface area contributed by atoms with E-state index in [4.69, 9.17) is 10.5 Å². The minimum Gasteiger partial charge on any atom is -0.480 e. The second-order valence-corrected chi connectivity index (χ2v) is 2.07. The largest absolute Gasteiger partial charge is 0.480 e. The number of methoxy groups -OCH3 is 1. The van der Waals surface area contributed by atoms with Crippen LogP contribution in [0, 0.1) is 0 Å². The summed E-state index contributed by atoms with van der Waals surface area (Å²) >= 11 is 0. The van der Waals surface area contributed by atoms with Crippen LogP contribution in [0.1, 0.15) is 5.56 Å². The number of ether oxygens (including phenoxy) is 1. The fourth-order valence-corrected chi connectivity index (χ4v) is 0.768. The Balaban J connectivity index is 3.09. The molecule has 0 saturated carbocycles. The molecule has 0 atom stereocenters. The van der Waals surface area contributed by atoms with Crippen LogP contribution in [-0.2, 0) is 0 Å². The van der Waals surface area contributed by atoms with Crippen molar-refractivity contribution >= 4 is 11.8 Å². The highest BCUT2D eigenvalue weighted by Gasteiger charge is 1.98. The van der Waals surface area contributed by atoms with Crippen LogP contribution in [0.4, 0.5) is 5.69 Å². The van der Waals surface area contributed by atoms with Crippen LogP contribution < -0.4 is 10.5 Å². The molecule has 58 valence electrons. The van der Waals surface area contributed by atoms with Gasteiger partial charge in [-0.25, -0.2) is 4.98 Å². The van der Waals surface area contributed by atoms with E-state index in [-0.39, 0.29) is 0 Å². The molecule has 0 saturated heterocycles. The minimum atomic E-state index is 0.454. The Kier molecular flexibility index (Phi) is 2.11. The van der Waals surface area contributed by atoms with E-state index in [9.17, 15) is 0 Å². The Hall–Kier alpha value is -1.51. The fourth-order valence-electron chi connectivity index (χ4n) is 0.768. The lowest BCUT2D eigenvalue weighted by Crippen LogP contribution is -1.95. The van der Waals surface area contributed by atoms with Crippen molar-refractivity contribution in [2.45, 2.75) is 0 Å². The SMILES string of the molecule is C=Cc1cnc(OC)c(N)c1. The van der Waals surface area contributed by atoms with Gasteiger partial charge < -0.3 is 10.5 Å². The molecule has 0 radical (unpaired) electrons. The average Bonchev–Trinajstić information content (AvgIpc) is 2.04. The van der Waals surface area contributed by atoms with Crippen molar-refractivity contribution < 1.29 is 4.74 Å². The molecule has 2 N–H and O–H groups in total. The summed E-state index contributed by atoms with van der Waals surface area (Å²) in [6.07, 6.45) is 3.34. The summed E-state index contributed by atoms with van der Waals surface area (Å²) < 4.78 is 4.87. The quantitative estimate of drug-likeness (QED) is 0.691. The molecule has 3 heteroatoms. The summed E-state index contributed by atoms with van der Waals surface area (Å²) in [5.41, 5.74) is 7.00. The topological polar surface area (TPSA) is 48.1 Å². The van der Waals surface area contributed by atoms with Crippen LogP contribution in [0.15, 0.2) is 18.8 Å². The van der Waals surface area contributed by atoms with Gasteiger partial charge in [-0.05, 0) is 11.6 Å². The van der Waals surface area contributed by atoms with Gasteiger partial charge in [-0.2, -0.15) is 0 Å². The van der Waals surface area contributed by atoms with E-state index in [0.717, 1.165) is 5.56 Å². The van der Waals surface area contributed by atoms with E-state index in [1.165, 1.54) is 7.11 Å². The van der Waals surface area contributed by atoms with E-state index < -0.39 is 0 Å². The molecule has 11 heavy (non-hydrogen) atoms. The highest BCUT2D eigenvalue weighted by Crippen LogP contribution is 2.18. The summed E-state index contributed by atoms with van der Waals surface area (Å²) in [4.78, 5) is 3.95. The van der Waals surface area contributed by atoms with Gasteiger partial charge in [0.25, 0.3) is 0 Å². The van der Waals surface area contributed by atoms with E-state index in [1.807, 2.05) is 0 Å². The van der Waals surface area contributed by atoms with Gasteiger partial charge in [0.15, 0.2) is 0 Å². The first-order valence-electron chi connectivity index (χ1n) is 3.20. The molecule has 0 bridgehead atoms. The van der Waals surface area contributed by atoms with Crippen molar-refractivity contribution in [3.8, 4) is 5.88 Å². The molecule has 0 aliphatic heterocycles. The summed E-state index contributed by atoms with van der Waals surface area (Å²) in [7, 11) is 1.53. The third kappa shape index (κ3) is 1.49. The molecule has 1 rings (SSSR count). The number of nitrogens with zero attached hydrogens (tertiary/aromatic N) is 1. The summed E-state index contributed by atoms with van der Waals surface area (Å²) in [6.45, 7) is 3.59. The highest BCUT2D eigenvalue weighted by molar-refractivity contribution is 5.57. The lowest BCUT2D eigenvalue weighted by Gasteiger charge is -2.02. The third-order valence-electron chi connectivity index (χ3n) is 1.33. The second-order valence-electron chi connectivity index (χ2n) is 2.07. The van der Waals surface area contributed by atoms with Crippen molar-refractivity contribution in [3.05, 3.63) is 24.4 Å². The highest BCUT2D eigenvalue weighted by atomic mass is 16.5. The Morgan fingerprint density at radius 2 is 2.45 bits per heavy atom. The van der Waals surface area contributed by atoms with E-state index in [2.05, 4.69) is 11.6 Å². The number of pyridine rings is 1.